The van der Waals surface area contributed by atoms with Gasteiger partial charge in [-0.1, -0.05) is 12.1 Å². The molecule has 1 aromatic carbocycles. The molecule has 1 unspecified atom stereocenters. The molecular formula is C13H20N2. The summed E-state index contributed by atoms with van der Waals surface area (Å²) in [7, 11) is 0. The largest absolute Gasteiger partial charge is 0.371 e. The first-order valence-corrected chi connectivity index (χ1v) is 5.73. The van der Waals surface area contributed by atoms with Gasteiger partial charge in [0.05, 0.1) is 0 Å². The Morgan fingerprint density at radius 3 is 2.87 bits per heavy atom. The van der Waals surface area contributed by atoms with Crippen LogP contribution >= 0.6 is 0 Å². The highest BCUT2D eigenvalue weighted by molar-refractivity contribution is 5.56. The molecule has 0 spiro atoms. The van der Waals surface area contributed by atoms with Gasteiger partial charge in [0.2, 0.25) is 0 Å². The van der Waals surface area contributed by atoms with Crippen molar-refractivity contribution in [3.8, 4) is 0 Å². The second-order valence-electron chi connectivity index (χ2n) is 4.56. The van der Waals surface area contributed by atoms with E-state index in [1.165, 1.54) is 23.2 Å². The highest BCUT2D eigenvalue weighted by Gasteiger charge is 2.22. The third-order valence-electron chi connectivity index (χ3n) is 3.54. The maximum atomic E-state index is 5.72. The fourth-order valence-corrected chi connectivity index (χ4v) is 2.32. The Morgan fingerprint density at radius 2 is 2.20 bits per heavy atom. The van der Waals surface area contributed by atoms with E-state index in [1.807, 2.05) is 0 Å². The number of nitrogens with two attached hydrogens (primary N) is 1. The fourth-order valence-electron chi connectivity index (χ4n) is 2.32. The Labute approximate surface area is 92.1 Å². The normalized spacial score (nSPS) is 21.0. The molecular weight excluding hydrogens is 184 g/mol. The van der Waals surface area contributed by atoms with Gasteiger partial charge in [0.15, 0.2) is 0 Å². The van der Waals surface area contributed by atoms with Crippen LogP contribution in [0, 0.1) is 19.8 Å². The molecule has 0 amide bonds. The Balaban J connectivity index is 2.20. The first-order valence-electron chi connectivity index (χ1n) is 5.73. The van der Waals surface area contributed by atoms with Crippen LogP contribution in [0.1, 0.15) is 17.5 Å². The first kappa shape index (κ1) is 10.5. The van der Waals surface area contributed by atoms with Gasteiger partial charge in [-0.3, -0.25) is 0 Å². The summed E-state index contributed by atoms with van der Waals surface area (Å²) in [5.74, 6) is 0.685. The molecule has 0 aliphatic carbocycles. The molecule has 2 rings (SSSR count). The van der Waals surface area contributed by atoms with Gasteiger partial charge < -0.3 is 10.6 Å². The van der Waals surface area contributed by atoms with E-state index in [1.54, 1.807) is 0 Å². The summed E-state index contributed by atoms with van der Waals surface area (Å²) in [6.45, 7) is 7.49. The highest BCUT2D eigenvalue weighted by atomic mass is 15.2. The van der Waals surface area contributed by atoms with E-state index < -0.39 is 0 Å². The van der Waals surface area contributed by atoms with E-state index in [0.717, 1.165) is 19.6 Å². The maximum Gasteiger partial charge on any atom is 0.0398 e. The van der Waals surface area contributed by atoms with Gasteiger partial charge in [-0.05, 0) is 49.9 Å². The Kier molecular flexibility index (Phi) is 2.96. The highest BCUT2D eigenvalue weighted by Crippen LogP contribution is 2.27. The van der Waals surface area contributed by atoms with Crippen LogP contribution in [0.15, 0.2) is 18.2 Å². The van der Waals surface area contributed by atoms with Crippen LogP contribution in [0.2, 0.25) is 0 Å². The van der Waals surface area contributed by atoms with Crippen molar-refractivity contribution in [2.45, 2.75) is 20.3 Å². The number of hydrogen-bond donors (Lipinski definition) is 1. The molecule has 15 heavy (non-hydrogen) atoms. The van der Waals surface area contributed by atoms with Crippen molar-refractivity contribution in [2.75, 3.05) is 24.5 Å². The zero-order valence-corrected chi connectivity index (χ0v) is 9.66. The zero-order chi connectivity index (χ0) is 10.8. The Morgan fingerprint density at radius 1 is 1.40 bits per heavy atom. The lowest BCUT2D eigenvalue weighted by Crippen LogP contribution is -2.23. The number of aryl methyl sites for hydroxylation is 1. The van der Waals surface area contributed by atoms with Gasteiger partial charge in [-0.15, -0.1) is 0 Å². The second kappa shape index (κ2) is 4.23. The van der Waals surface area contributed by atoms with Crippen molar-refractivity contribution in [2.24, 2.45) is 11.7 Å². The van der Waals surface area contributed by atoms with Crippen LogP contribution in [-0.4, -0.2) is 19.6 Å². The second-order valence-corrected chi connectivity index (χ2v) is 4.56. The number of hydrogen-bond acceptors (Lipinski definition) is 2. The van der Waals surface area contributed by atoms with Crippen LogP contribution in [-0.2, 0) is 0 Å². The smallest absolute Gasteiger partial charge is 0.0398 e. The predicted molar refractivity (Wildman–Crippen MR) is 65.3 cm³/mol. The topological polar surface area (TPSA) is 29.3 Å². The van der Waals surface area contributed by atoms with Crippen molar-refractivity contribution < 1.29 is 0 Å². The molecule has 2 heteroatoms. The molecule has 1 aromatic rings. The Hall–Kier alpha value is -1.02. The van der Waals surface area contributed by atoms with E-state index in [9.17, 15) is 0 Å². The SMILES string of the molecule is Cc1cccc(N2CCC(CN)C2)c1C. The molecule has 0 radical (unpaired) electrons. The van der Waals surface area contributed by atoms with Crippen LogP contribution in [0.25, 0.3) is 0 Å². The monoisotopic (exact) mass is 204 g/mol. The van der Waals surface area contributed by atoms with Gasteiger partial charge in [0, 0.05) is 18.8 Å². The summed E-state index contributed by atoms with van der Waals surface area (Å²) in [6.07, 6.45) is 1.24. The summed E-state index contributed by atoms with van der Waals surface area (Å²) < 4.78 is 0. The third-order valence-corrected chi connectivity index (χ3v) is 3.54. The molecule has 1 saturated heterocycles. The quantitative estimate of drug-likeness (QED) is 0.799. The van der Waals surface area contributed by atoms with E-state index in [-0.39, 0.29) is 0 Å². The summed E-state index contributed by atoms with van der Waals surface area (Å²) in [6, 6.07) is 6.55. The zero-order valence-electron chi connectivity index (χ0n) is 9.66. The summed E-state index contributed by atoms with van der Waals surface area (Å²) >= 11 is 0. The predicted octanol–water partition coefficient (Wildman–Crippen LogP) is 2.09. The molecule has 1 heterocycles. The van der Waals surface area contributed by atoms with Crippen molar-refractivity contribution in [3.63, 3.8) is 0 Å². The standard InChI is InChI=1S/C13H20N2/c1-10-4-3-5-13(11(10)2)15-7-6-12(8-14)9-15/h3-5,12H,6-9,14H2,1-2H3. The number of nitrogens with zero attached hydrogens (tertiary/aromatic N) is 1. The molecule has 1 aliphatic rings. The lowest BCUT2D eigenvalue weighted by molar-refractivity contribution is 0.602. The van der Waals surface area contributed by atoms with E-state index >= 15 is 0 Å². The molecule has 1 aliphatic heterocycles. The van der Waals surface area contributed by atoms with Gasteiger partial charge in [-0.2, -0.15) is 0 Å². The molecule has 0 aromatic heterocycles. The van der Waals surface area contributed by atoms with Crippen molar-refractivity contribution in [3.05, 3.63) is 29.3 Å². The van der Waals surface area contributed by atoms with Gasteiger partial charge in [0.1, 0.15) is 0 Å². The molecule has 1 fully saturated rings. The van der Waals surface area contributed by atoms with Crippen molar-refractivity contribution >= 4 is 5.69 Å². The van der Waals surface area contributed by atoms with Gasteiger partial charge >= 0.3 is 0 Å². The van der Waals surface area contributed by atoms with Crippen LogP contribution in [0.4, 0.5) is 5.69 Å². The van der Waals surface area contributed by atoms with E-state index in [0.29, 0.717) is 5.92 Å². The molecule has 0 bridgehead atoms. The molecule has 82 valence electrons. The van der Waals surface area contributed by atoms with Gasteiger partial charge in [-0.25, -0.2) is 0 Å². The average molecular weight is 204 g/mol. The molecule has 2 nitrogen and oxygen atoms in total. The number of rotatable bonds is 2. The molecule has 2 N–H and O–H groups in total. The fraction of sp³-hybridized carbons (Fsp3) is 0.538. The summed E-state index contributed by atoms with van der Waals surface area (Å²) in [5.41, 5.74) is 9.90. The van der Waals surface area contributed by atoms with E-state index in [2.05, 4.69) is 36.9 Å². The van der Waals surface area contributed by atoms with Crippen molar-refractivity contribution in [1.82, 2.24) is 0 Å². The molecule has 1 atom stereocenters. The van der Waals surface area contributed by atoms with Crippen molar-refractivity contribution in [1.29, 1.82) is 0 Å². The number of benzene rings is 1. The average Bonchev–Trinajstić information content (AvgIpc) is 2.70. The molecule has 0 saturated carbocycles. The van der Waals surface area contributed by atoms with Gasteiger partial charge in [0.25, 0.3) is 0 Å². The van der Waals surface area contributed by atoms with Crippen LogP contribution < -0.4 is 10.6 Å². The third kappa shape index (κ3) is 2.00. The Bertz CT molecular complexity index is 346. The minimum Gasteiger partial charge on any atom is -0.371 e. The minimum atomic E-state index is 0.685. The lowest BCUT2D eigenvalue weighted by Gasteiger charge is -2.21. The summed E-state index contributed by atoms with van der Waals surface area (Å²) in [4.78, 5) is 2.47. The van der Waals surface area contributed by atoms with E-state index in [4.69, 9.17) is 5.73 Å². The maximum absolute atomic E-state index is 5.72. The van der Waals surface area contributed by atoms with Crippen LogP contribution in [0.5, 0.6) is 0 Å². The van der Waals surface area contributed by atoms with Crippen LogP contribution in [0.3, 0.4) is 0 Å². The number of anilines is 1. The minimum absolute atomic E-state index is 0.685. The summed E-state index contributed by atoms with van der Waals surface area (Å²) in [5, 5.41) is 0. The first-order chi connectivity index (χ1) is 7.22. The lowest BCUT2D eigenvalue weighted by atomic mass is 10.1.